The van der Waals surface area contributed by atoms with Gasteiger partial charge in [-0.15, -0.1) is 0 Å². The highest BCUT2D eigenvalue weighted by molar-refractivity contribution is 5.88. The summed E-state index contributed by atoms with van der Waals surface area (Å²) in [6.45, 7) is 9.38. The van der Waals surface area contributed by atoms with Crippen molar-refractivity contribution < 1.29 is 42.5 Å². The summed E-state index contributed by atoms with van der Waals surface area (Å²) in [4.78, 5) is 48.5. The Kier molecular flexibility index (Phi) is 10.3. The molecule has 0 aromatic heterocycles. The number of carboxylic acid groups (broad SMARTS) is 3. The summed E-state index contributed by atoms with van der Waals surface area (Å²) in [5, 5.41) is 33.8. The molecule has 1 aliphatic rings. The molecule has 0 unspecified atom stereocenters. The Balaban J connectivity index is -0.000000438. The fourth-order valence-corrected chi connectivity index (χ4v) is 2.41. The highest BCUT2D eigenvalue weighted by atomic mass is 16.4. The van der Waals surface area contributed by atoms with Crippen LogP contribution in [0.15, 0.2) is 0 Å². The third-order valence-corrected chi connectivity index (χ3v) is 4.09. The molecule has 0 bridgehead atoms. The maximum atomic E-state index is 11.9. The van der Waals surface area contributed by atoms with Gasteiger partial charge in [-0.25, -0.2) is 9.59 Å². The van der Waals surface area contributed by atoms with Gasteiger partial charge in [0.25, 0.3) is 0 Å². The highest BCUT2D eigenvalue weighted by Gasteiger charge is 2.40. The number of urea groups is 1. The molecule has 0 spiro atoms. The molecule has 27 heavy (non-hydrogen) atoms. The minimum absolute atomic E-state index is 0. The number of amides is 2. The molecule has 0 aliphatic carbocycles. The number of carbonyl (C=O) groups is 4. The number of aliphatic carboxylic acids is 3. The average molecular weight is 395 g/mol. The van der Waals surface area contributed by atoms with Crippen molar-refractivity contribution >= 4 is 23.9 Å². The Morgan fingerprint density at radius 2 is 1.33 bits per heavy atom. The number of carboxylic acids is 3. The number of likely N-dealkylation sites (N-methyl/N-ethyl adjacent to an activating group) is 1. The van der Waals surface area contributed by atoms with Crippen molar-refractivity contribution in [3.8, 4) is 0 Å². The average Bonchev–Trinajstić information content (AvgIpc) is 2.55. The number of piperazine rings is 1. The van der Waals surface area contributed by atoms with Gasteiger partial charge in [-0.05, 0) is 20.9 Å². The largest absolute Gasteiger partial charge is 0.481 e. The van der Waals surface area contributed by atoms with E-state index in [2.05, 4.69) is 11.9 Å². The van der Waals surface area contributed by atoms with Crippen molar-refractivity contribution in [2.75, 3.05) is 46.3 Å². The second-order valence-corrected chi connectivity index (χ2v) is 6.22. The van der Waals surface area contributed by atoms with Gasteiger partial charge in [-0.2, -0.15) is 0 Å². The molecule has 0 atom stereocenters. The second-order valence-electron chi connectivity index (χ2n) is 6.22. The van der Waals surface area contributed by atoms with Crippen molar-refractivity contribution in [1.29, 1.82) is 0 Å². The first-order chi connectivity index (χ1) is 12.5. The zero-order valence-electron chi connectivity index (χ0n) is 15.9. The van der Waals surface area contributed by atoms with Gasteiger partial charge in [0, 0.05) is 42.1 Å². The van der Waals surface area contributed by atoms with E-state index in [0.29, 0.717) is 0 Å². The Morgan fingerprint density at radius 1 is 0.926 bits per heavy atom. The molecule has 0 saturated carbocycles. The minimum Gasteiger partial charge on any atom is -0.481 e. The number of hydrogen-bond donors (Lipinski definition) is 4. The van der Waals surface area contributed by atoms with Crippen LogP contribution < -0.4 is 0 Å². The van der Waals surface area contributed by atoms with Gasteiger partial charge in [0.1, 0.15) is 0 Å². The first-order valence-corrected chi connectivity index (χ1v) is 8.58. The molecule has 1 fully saturated rings. The van der Waals surface area contributed by atoms with Crippen molar-refractivity contribution in [2.24, 2.45) is 0 Å². The molecule has 2 amide bonds. The van der Waals surface area contributed by atoms with Crippen LogP contribution in [-0.4, -0.2) is 111 Å². The Labute approximate surface area is 160 Å². The molecular weight excluding hydrogens is 362 g/mol. The van der Waals surface area contributed by atoms with Crippen molar-refractivity contribution in [3.05, 3.63) is 0 Å². The molecule has 1 aliphatic heterocycles. The van der Waals surface area contributed by atoms with E-state index in [1.807, 2.05) is 23.6 Å². The monoisotopic (exact) mass is 395 g/mol. The van der Waals surface area contributed by atoms with Crippen LogP contribution in [0.2, 0.25) is 0 Å². The van der Waals surface area contributed by atoms with Crippen LogP contribution in [0.3, 0.4) is 0 Å². The van der Waals surface area contributed by atoms with E-state index in [4.69, 9.17) is 20.4 Å². The van der Waals surface area contributed by atoms with Crippen LogP contribution in [0, 0.1) is 0 Å². The zero-order valence-corrected chi connectivity index (χ0v) is 15.9. The van der Waals surface area contributed by atoms with E-state index in [9.17, 15) is 19.2 Å². The molecule has 1 heterocycles. The molecule has 0 radical (unpaired) electrons. The molecule has 1 saturated heterocycles. The summed E-state index contributed by atoms with van der Waals surface area (Å²) >= 11 is 0. The lowest BCUT2D eigenvalue weighted by atomic mass is 9.96. The summed E-state index contributed by atoms with van der Waals surface area (Å²) < 4.78 is 0. The van der Waals surface area contributed by atoms with Crippen LogP contribution in [0.5, 0.6) is 0 Å². The maximum Gasteiger partial charge on any atom is 0.336 e. The maximum absolute atomic E-state index is 11.9. The first kappa shape index (κ1) is 24.6. The number of carbonyl (C=O) groups excluding carboxylic acids is 1. The van der Waals surface area contributed by atoms with E-state index < -0.39 is 36.4 Å². The van der Waals surface area contributed by atoms with Crippen molar-refractivity contribution in [1.82, 2.24) is 14.7 Å². The van der Waals surface area contributed by atoms with Crippen LogP contribution in [0.4, 0.5) is 4.79 Å². The summed E-state index contributed by atoms with van der Waals surface area (Å²) in [6.07, 6.45) is -2.29. The van der Waals surface area contributed by atoms with Gasteiger partial charge >= 0.3 is 23.9 Å². The standard InChI is InChI=1S/C10H21N3O.C6H8O7.2H2/c1-4-12(5-2)10(14)13-8-6-11(3)7-9-13;7-3(8)1-6(13,5(11)12)2-4(9)10;;/h4-9H2,1-3H3;13H,1-2H2,(H,7,8)(H,9,10)(H,11,12);2*1H. The fourth-order valence-electron chi connectivity index (χ4n) is 2.41. The molecule has 0 aromatic rings. The number of aliphatic hydroxyl groups is 1. The predicted octanol–water partition coefficient (Wildman–Crippen LogP) is -0.0609. The van der Waals surface area contributed by atoms with Gasteiger partial charge in [-0.3, -0.25) is 9.59 Å². The summed E-state index contributed by atoms with van der Waals surface area (Å²) in [5.74, 6) is -5.02. The lowest BCUT2D eigenvalue weighted by Gasteiger charge is -2.35. The van der Waals surface area contributed by atoms with Gasteiger partial charge in [0.2, 0.25) is 0 Å². The van der Waals surface area contributed by atoms with Crippen LogP contribution >= 0.6 is 0 Å². The summed E-state index contributed by atoms with van der Waals surface area (Å²) in [5.41, 5.74) is -2.74. The predicted molar refractivity (Wildman–Crippen MR) is 98.7 cm³/mol. The Bertz CT molecular complexity index is 522. The first-order valence-electron chi connectivity index (χ1n) is 8.58. The number of hydrogen-bond acceptors (Lipinski definition) is 6. The van der Waals surface area contributed by atoms with Crippen molar-refractivity contribution in [3.63, 3.8) is 0 Å². The van der Waals surface area contributed by atoms with Gasteiger partial charge in [0.05, 0.1) is 12.8 Å². The SMILES string of the molecule is CCN(CC)C(=O)N1CCN(C)CC1.O=C(O)CC(O)(CC(=O)O)C(=O)O.[HH].[HH]. The lowest BCUT2D eigenvalue weighted by molar-refractivity contribution is -0.170. The molecule has 11 nitrogen and oxygen atoms in total. The highest BCUT2D eigenvalue weighted by Crippen LogP contribution is 2.15. The van der Waals surface area contributed by atoms with Crippen molar-refractivity contribution in [2.45, 2.75) is 32.3 Å². The minimum atomic E-state index is -2.74. The van der Waals surface area contributed by atoms with Crippen LogP contribution in [0.1, 0.15) is 29.5 Å². The lowest BCUT2D eigenvalue weighted by Crippen LogP contribution is -2.51. The molecule has 4 N–H and O–H groups in total. The topological polar surface area (TPSA) is 159 Å². The van der Waals surface area contributed by atoms with E-state index in [1.54, 1.807) is 0 Å². The Morgan fingerprint density at radius 3 is 1.63 bits per heavy atom. The molecular formula is C16H33N3O8. The Hall–Kier alpha value is -2.40. The zero-order chi connectivity index (χ0) is 21.2. The molecule has 160 valence electrons. The van der Waals surface area contributed by atoms with E-state index >= 15 is 0 Å². The van der Waals surface area contributed by atoms with Gasteiger partial charge in [0.15, 0.2) is 5.60 Å². The van der Waals surface area contributed by atoms with E-state index in [-0.39, 0.29) is 8.88 Å². The second kappa shape index (κ2) is 11.3. The molecule has 11 heteroatoms. The third-order valence-electron chi connectivity index (χ3n) is 4.09. The van der Waals surface area contributed by atoms with Gasteiger partial charge in [-0.1, -0.05) is 0 Å². The van der Waals surface area contributed by atoms with E-state index in [0.717, 1.165) is 39.3 Å². The normalized spacial score (nSPS) is 14.7. The smallest absolute Gasteiger partial charge is 0.336 e. The molecule has 1 rings (SSSR count). The van der Waals surface area contributed by atoms with E-state index in [1.165, 1.54) is 0 Å². The quantitative estimate of drug-likeness (QED) is 0.463. The number of nitrogens with zero attached hydrogens (tertiary/aromatic N) is 3. The van der Waals surface area contributed by atoms with Gasteiger partial charge < -0.3 is 35.1 Å². The number of rotatable bonds is 7. The van der Waals surface area contributed by atoms with Crippen LogP contribution in [0.25, 0.3) is 0 Å². The summed E-state index contributed by atoms with van der Waals surface area (Å²) in [6, 6.07) is 0.197. The fraction of sp³-hybridized carbons (Fsp3) is 0.750. The summed E-state index contributed by atoms with van der Waals surface area (Å²) in [7, 11) is 2.10. The molecule has 0 aromatic carbocycles. The third kappa shape index (κ3) is 8.69. The van der Waals surface area contributed by atoms with Crippen LogP contribution in [-0.2, 0) is 14.4 Å².